The molecule has 0 saturated carbocycles. The second-order valence-electron chi connectivity index (χ2n) is 6.67. The maximum atomic E-state index is 12.1. The first-order chi connectivity index (χ1) is 11.6. The molecule has 1 aromatic rings. The number of likely N-dealkylation sites (tertiary alicyclic amines) is 1. The van der Waals surface area contributed by atoms with E-state index in [0.717, 1.165) is 30.8 Å². The molecule has 1 aliphatic rings. The standard InChI is InChI=1S/C19H31N3O2/c1-15(20)10-11-19(23)21-14-17(22-12-6-3-7-13-22)16-8-4-5-9-18(16)24-2/h4-5,8-9,15,17H,3,6-7,10-14,20H2,1-2H3,(H,21,23). The summed E-state index contributed by atoms with van der Waals surface area (Å²) < 4.78 is 5.55. The summed E-state index contributed by atoms with van der Waals surface area (Å²) in [6.07, 6.45) is 4.91. The van der Waals surface area contributed by atoms with Gasteiger partial charge in [0.1, 0.15) is 5.75 Å². The van der Waals surface area contributed by atoms with Gasteiger partial charge < -0.3 is 15.8 Å². The average molecular weight is 333 g/mol. The van der Waals surface area contributed by atoms with Crippen molar-refractivity contribution in [2.75, 3.05) is 26.7 Å². The molecule has 0 spiro atoms. The first kappa shape index (κ1) is 18.7. The van der Waals surface area contributed by atoms with Gasteiger partial charge in [0.25, 0.3) is 0 Å². The van der Waals surface area contributed by atoms with Crippen LogP contribution in [0.4, 0.5) is 0 Å². The molecule has 3 N–H and O–H groups in total. The van der Waals surface area contributed by atoms with E-state index in [0.29, 0.717) is 13.0 Å². The van der Waals surface area contributed by atoms with E-state index in [1.807, 2.05) is 25.1 Å². The van der Waals surface area contributed by atoms with Gasteiger partial charge in [0.15, 0.2) is 0 Å². The van der Waals surface area contributed by atoms with Crippen molar-refractivity contribution in [3.63, 3.8) is 0 Å². The van der Waals surface area contributed by atoms with Crippen LogP contribution >= 0.6 is 0 Å². The van der Waals surface area contributed by atoms with Crippen molar-refractivity contribution >= 4 is 5.91 Å². The molecule has 0 bridgehead atoms. The van der Waals surface area contributed by atoms with Gasteiger partial charge in [-0.05, 0) is 45.3 Å². The Morgan fingerprint density at radius 2 is 2.00 bits per heavy atom. The van der Waals surface area contributed by atoms with Crippen molar-refractivity contribution in [3.05, 3.63) is 29.8 Å². The molecule has 2 unspecified atom stereocenters. The number of carbonyl (C=O) groups excluding carboxylic acids is 1. The Balaban J connectivity index is 2.07. The Hall–Kier alpha value is -1.59. The van der Waals surface area contributed by atoms with Crippen LogP contribution in [0.2, 0.25) is 0 Å². The minimum absolute atomic E-state index is 0.0582. The van der Waals surface area contributed by atoms with Gasteiger partial charge in [0.2, 0.25) is 5.91 Å². The topological polar surface area (TPSA) is 67.6 Å². The van der Waals surface area contributed by atoms with E-state index < -0.39 is 0 Å². The molecule has 1 heterocycles. The number of para-hydroxylation sites is 1. The third kappa shape index (κ3) is 5.49. The highest BCUT2D eigenvalue weighted by Crippen LogP contribution is 2.30. The Morgan fingerprint density at radius 3 is 2.67 bits per heavy atom. The number of methoxy groups -OCH3 is 1. The van der Waals surface area contributed by atoms with Gasteiger partial charge in [-0.1, -0.05) is 24.6 Å². The average Bonchev–Trinajstić information content (AvgIpc) is 2.61. The van der Waals surface area contributed by atoms with Crippen LogP contribution in [-0.4, -0.2) is 43.6 Å². The summed E-state index contributed by atoms with van der Waals surface area (Å²) in [5, 5.41) is 3.09. The van der Waals surface area contributed by atoms with E-state index in [-0.39, 0.29) is 18.0 Å². The number of amides is 1. The molecular formula is C19H31N3O2. The zero-order valence-corrected chi connectivity index (χ0v) is 15.0. The molecule has 1 fully saturated rings. The normalized spacial score (nSPS) is 18.0. The molecule has 2 rings (SSSR count). The fraction of sp³-hybridized carbons (Fsp3) is 0.632. The van der Waals surface area contributed by atoms with Gasteiger partial charge in [0, 0.05) is 24.6 Å². The number of ether oxygens (including phenoxy) is 1. The lowest BCUT2D eigenvalue weighted by Gasteiger charge is -2.35. The van der Waals surface area contributed by atoms with Gasteiger partial charge in [-0.15, -0.1) is 0 Å². The molecule has 24 heavy (non-hydrogen) atoms. The molecule has 1 saturated heterocycles. The van der Waals surface area contributed by atoms with E-state index in [9.17, 15) is 4.79 Å². The van der Waals surface area contributed by atoms with Crippen LogP contribution in [-0.2, 0) is 4.79 Å². The predicted octanol–water partition coefficient (Wildman–Crippen LogP) is 2.47. The van der Waals surface area contributed by atoms with Crippen molar-refractivity contribution < 1.29 is 9.53 Å². The first-order valence-electron chi connectivity index (χ1n) is 9.01. The van der Waals surface area contributed by atoms with Crippen LogP contribution < -0.4 is 15.8 Å². The highest BCUT2D eigenvalue weighted by Gasteiger charge is 2.25. The Labute approximate surface area is 145 Å². The Bertz CT molecular complexity index is 513. The van der Waals surface area contributed by atoms with Gasteiger partial charge in [-0.3, -0.25) is 9.69 Å². The fourth-order valence-electron chi connectivity index (χ4n) is 3.27. The molecular weight excluding hydrogens is 302 g/mol. The van der Waals surface area contributed by atoms with Crippen LogP contribution in [0.25, 0.3) is 0 Å². The zero-order valence-electron chi connectivity index (χ0n) is 15.0. The largest absolute Gasteiger partial charge is 0.496 e. The first-order valence-corrected chi connectivity index (χ1v) is 9.01. The SMILES string of the molecule is COc1ccccc1C(CNC(=O)CCC(C)N)N1CCCCC1. The summed E-state index contributed by atoms with van der Waals surface area (Å²) in [7, 11) is 1.70. The number of rotatable bonds is 8. The molecule has 1 aromatic carbocycles. The molecule has 5 heteroatoms. The maximum Gasteiger partial charge on any atom is 0.220 e. The van der Waals surface area contributed by atoms with Gasteiger partial charge in [-0.2, -0.15) is 0 Å². The van der Waals surface area contributed by atoms with Gasteiger partial charge in [0.05, 0.1) is 13.2 Å². The second kappa shape index (κ2) is 9.64. The molecule has 0 aliphatic carbocycles. The van der Waals surface area contributed by atoms with Crippen LogP contribution in [0, 0.1) is 0 Å². The molecule has 134 valence electrons. The number of piperidine rings is 1. The zero-order chi connectivity index (χ0) is 17.4. The Morgan fingerprint density at radius 1 is 1.29 bits per heavy atom. The summed E-state index contributed by atoms with van der Waals surface area (Å²) in [4.78, 5) is 14.6. The molecule has 5 nitrogen and oxygen atoms in total. The summed E-state index contributed by atoms with van der Waals surface area (Å²) in [6, 6.07) is 8.32. The number of nitrogens with zero attached hydrogens (tertiary/aromatic N) is 1. The molecule has 0 aromatic heterocycles. The smallest absolute Gasteiger partial charge is 0.220 e. The van der Waals surface area contributed by atoms with Crippen LogP contribution in [0.1, 0.15) is 50.6 Å². The third-order valence-corrected chi connectivity index (χ3v) is 4.65. The number of hydrogen-bond acceptors (Lipinski definition) is 4. The summed E-state index contributed by atoms with van der Waals surface area (Å²) in [6.45, 7) is 4.67. The predicted molar refractivity (Wildman–Crippen MR) is 97.1 cm³/mol. The number of hydrogen-bond donors (Lipinski definition) is 2. The minimum atomic E-state index is 0.0582. The van der Waals surface area contributed by atoms with E-state index >= 15 is 0 Å². The van der Waals surface area contributed by atoms with E-state index in [2.05, 4.69) is 16.3 Å². The number of carbonyl (C=O) groups is 1. The second-order valence-corrected chi connectivity index (χ2v) is 6.67. The lowest BCUT2D eigenvalue weighted by molar-refractivity contribution is -0.121. The van der Waals surface area contributed by atoms with Crippen molar-refractivity contribution in [1.29, 1.82) is 0 Å². The summed E-state index contributed by atoms with van der Waals surface area (Å²) in [5.74, 6) is 0.960. The van der Waals surface area contributed by atoms with Gasteiger partial charge >= 0.3 is 0 Å². The number of nitrogens with one attached hydrogen (secondary N) is 1. The number of nitrogens with two attached hydrogens (primary N) is 1. The molecule has 1 aliphatic heterocycles. The summed E-state index contributed by atoms with van der Waals surface area (Å²) in [5.41, 5.74) is 6.89. The third-order valence-electron chi connectivity index (χ3n) is 4.65. The van der Waals surface area contributed by atoms with Crippen LogP contribution in [0.3, 0.4) is 0 Å². The summed E-state index contributed by atoms with van der Waals surface area (Å²) >= 11 is 0. The van der Waals surface area contributed by atoms with Crippen molar-refractivity contribution in [1.82, 2.24) is 10.2 Å². The van der Waals surface area contributed by atoms with Crippen molar-refractivity contribution in [2.24, 2.45) is 5.73 Å². The Kier molecular flexibility index (Phi) is 7.53. The monoisotopic (exact) mass is 333 g/mol. The van der Waals surface area contributed by atoms with Crippen LogP contribution in [0.5, 0.6) is 5.75 Å². The van der Waals surface area contributed by atoms with Crippen molar-refractivity contribution in [2.45, 2.75) is 51.1 Å². The molecule has 0 radical (unpaired) electrons. The van der Waals surface area contributed by atoms with Crippen LogP contribution in [0.15, 0.2) is 24.3 Å². The lowest BCUT2D eigenvalue weighted by Crippen LogP contribution is -2.41. The van der Waals surface area contributed by atoms with E-state index in [4.69, 9.17) is 10.5 Å². The fourth-order valence-corrected chi connectivity index (χ4v) is 3.27. The number of benzene rings is 1. The maximum absolute atomic E-state index is 12.1. The highest BCUT2D eigenvalue weighted by molar-refractivity contribution is 5.75. The lowest BCUT2D eigenvalue weighted by atomic mass is 10.0. The van der Waals surface area contributed by atoms with Gasteiger partial charge in [-0.25, -0.2) is 0 Å². The highest BCUT2D eigenvalue weighted by atomic mass is 16.5. The van der Waals surface area contributed by atoms with E-state index in [1.54, 1.807) is 7.11 Å². The van der Waals surface area contributed by atoms with E-state index in [1.165, 1.54) is 19.3 Å². The molecule has 2 atom stereocenters. The quantitative estimate of drug-likeness (QED) is 0.767. The van der Waals surface area contributed by atoms with Crippen molar-refractivity contribution in [3.8, 4) is 5.75 Å². The molecule has 1 amide bonds. The minimum Gasteiger partial charge on any atom is -0.496 e.